The van der Waals surface area contributed by atoms with E-state index < -0.39 is 0 Å². The molecule has 1 amide bonds. The molecule has 9 heteroatoms. The first kappa shape index (κ1) is 20.8. The highest BCUT2D eigenvalue weighted by molar-refractivity contribution is 5.78. The molecular weight excluding hydrogens is 396 g/mol. The second-order valence-electron chi connectivity index (χ2n) is 8.35. The number of rotatable bonds is 6. The van der Waals surface area contributed by atoms with Gasteiger partial charge < -0.3 is 20.1 Å². The maximum atomic E-state index is 12.1. The molecule has 0 radical (unpaired) electrons. The van der Waals surface area contributed by atoms with Gasteiger partial charge in [0.15, 0.2) is 12.4 Å². The molecule has 0 aliphatic carbocycles. The first-order valence-electron chi connectivity index (χ1n) is 10.1. The lowest BCUT2D eigenvalue weighted by Crippen LogP contribution is -2.43. The maximum absolute atomic E-state index is 12.1. The SMILES string of the molecule is CC(C)(C)NC(=O)COc1cccc(-c2nc3c(c(Nc4cn[nH]c4)n2)COCC3)c1. The van der Waals surface area contributed by atoms with E-state index in [0.29, 0.717) is 37.0 Å². The van der Waals surface area contributed by atoms with Crippen LogP contribution < -0.4 is 15.4 Å². The highest BCUT2D eigenvalue weighted by atomic mass is 16.5. The Morgan fingerprint density at radius 3 is 2.94 bits per heavy atom. The smallest absolute Gasteiger partial charge is 0.258 e. The van der Waals surface area contributed by atoms with Crippen LogP contribution in [0.4, 0.5) is 11.5 Å². The Balaban J connectivity index is 1.57. The molecule has 0 unspecified atom stereocenters. The molecule has 1 aliphatic heterocycles. The summed E-state index contributed by atoms with van der Waals surface area (Å²) in [6.07, 6.45) is 4.16. The van der Waals surface area contributed by atoms with Crippen LogP contribution in [-0.2, 0) is 22.6 Å². The largest absolute Gasteiger partial charge is 0.484 e. The molecule has 9 nitrogen and oxygen atoms in total. The average Bonchev–Trinajstić information content (AvgIpc) is 3.24. The topological polar surface area (TPSA) is 114 Å². The average molecular weight is 422 g/mol. The van der Waals surface area contributed by atoms with Crippen LogP contribution in [0.15, 0.2) is 36.7 Å². The Kier molecular flexibility index (Phi) is 5.85. The van der Waals surface area contributed by atoms with Gasteiger partial charge in [-0.2, -0.15) is 5.10 Å². The number of carbonyl (C=O) groups is 1. The van der Waals surface area contributed by atoms with Crippen molar-refractivity contribution in [3.63, 3.8) is 0 Å². The third-order valence-corrected chi connectivity index (χ3v) is 4.56. The van der Waals surface area contributed by atoms with Crippen molar-refractivity contribution in [3.8, 4) is 17.1 Å². The minimum Gasteiger partial charge on any atom is -0.484 e. The van der Waals surface area contributed by atoms with Crippen LogP contribution in [0.25, 0.3) is 11.4 Å². The Bertz CT molecular complexity index is 1060. The second kappa shape index (κ2) is 8.73. The highest BCUT2D eigenvalue weighted by Gasteiger charge is 2.20. The van der Waals surface area contributed by atoms with Crippen LogP contribution in [0.5, 0.6) is 5.75 Å². The molecule has 0 saturated carbocycles. The number of hydrogen-bond acceptors (Lipinski definition) is 7. The lowest BCUT2D eigenvalue weighted by molar-refractivity contribution is -0.124. The van der Waals surface area contributed by atoms with Crippen molar-refractivity contribution in [3.05, 3.63) is 47.9 Å². The van der Waals surface area contributed by atoms with Gasteiger partial charge in [-0.3, -0.25) is 9.89 Å². The van der Waals surface area contributed by atoms with Crippen molar-refractivity contribution in [2.75, 3.05) is 18.5 Å². The Labute approximate surface area is 180 Å². The van der Waals surface area contributed by atoms with E-state index in [1.807, 2.05) is 45.0 Å². The summed E-state index contributed by atoms with van der Waals surface area (Å²) in [6, 6.07) is 7.43. The van der Waals surface area contributed by atoms with E-state index in [2.05, 4.69) is 20.8 Å². The van der Waals surface area contributed by atoms with Gasteiger partial charge in [-0.05, 0) is 32.9 Å². The third-order valence-electron chi connectivity index (χ3n) is 4.56. The normalized spacial score (nSPS) is 13.4. The number of aromatic nitrogens is 4. The number of amides is 1. The number of ether oxygens (including phenoxy) is 2. The van der Waals surface area contributed by atoms with E-state index in [1.54, 1.807) is 12.4 Å². The lowest BCUT2D eigenvalue weighted by Gasteiger charge is -2.21. The summed E-state index contributed by atoms with van der Waals surface area (Å²) in [6.45, 7) is 6.82. The molecule has 1 aromatic carbocycles. The third kappa shape index (κ3) is 5.37. The molecule has 1 aliphatic rings. The Hall–Kier alpha value is -3.46. The number of anilines is 2. The zero-order valence-electron chi connectivity index (χ0n) is 17.9. The quantitative estimate of drug-likeness (QED) is 0.559. The molecule has 0 atom stereocenters. The van der Waals surface area contributed by atoms with Gasteiger partial charge in [0.05, 0.1) is 30.8 Å². The summed E-state index contributed by atoms with van der Waals surface area (Å²) in [5.41, 5.74) is 3.21. The van der Waals surface area contributed by atoms with Crippen molar-refractivity contribution >= 4 is 17.4 Å². The number of nitrogens with one attached hydrogen (secondary N) is 3. The van der Waals surface area contributed by atoms with Gasteiger partial charge in [-0.1, -0.05) is 12.1 Å². The number of benzene rings is 1. The van der Waals surface area contributed by atoms with Crippen molar-refractivity contribution in [2.45, 2.75) is 39.3 Å². The van der Waals surface area contributed by atoms with Gasteiger partial charge in [0.2, 0.25) is 0 Å². The Morgan fingerprint density at radius 1 is 1.29 bits per heavy atom. The molecule has 0 saturated heterocycles. The van der Waals surface area contributed by atoms with Gasteiger partial charge in [0.1, 0.15) is 11.6 Å². The second-order valence-corrected chi connectivity index (χ2v) is 8.35. The van der Waals surface area contributed by atoms with Crippen molar-refractivity contribution < 1.29 is 14.3 Å². The van der Waals surface area contributed by atoms with E-state index in [9.17, 15) is 4.79 Å². The van der Waals surface area contributed by atoms with Crippen LogP contribution in [0.1, 0.15) is 32.0 Å². The van der Waals surface area contributed by atoms with Crippen molar-refractivity contribution in [2.24, 2.45) is 0 Å². The lowest BCUT2D eigenvalue weighted by atomic mass is 10.1. The summed E-state index contributed by atoms with van der Waals surface area (Å²) >= 11 is 0. The molecule has 162 valence electrons. The fourth-order valence-electron chi connectivity index (χ4n) is 3.25. The number of aromatic amines is 1. The number of carbonyl (C=O) groups excluding carboxylic acids is 1. The molecule has 2 aromatic heterocycles. The molecule has 3 N–H and O–H groups in total. The summed E-state index contributed by atoms with van der Waals surface area (Å²) in [7, 11) is 0. The maximum Gasteiger partial charge on any atom is 0.258 e. The summed E-state index contributed by atoms with van der Waals surface area (Å²) in [4.78, 5) is 21.6. The number of nitrogens with zero attached hydrogens (tertiary/aromatic N) is 3. The first-order valence-corrected chi connectivity index (χ1v) is 10.1. The monoisotopic (exact) mass is 422 g/mol. The van der Waals surface area contributed by atoms with Gasteiger partial charge in [0, 0.05) is 29.3 Å². The fraction of sp³-hybridized carbons (Fsp3) is 0.364. The van der Waals surface area contributed by atoms with Gasteiger partial charge in [-0.15, -0.1) is 0 Å². The molecule has 31 heavy (non-hydrogen) atoms. The Morgan fingerprint density at radius 2 is 2.16 bits per heavy atom. The van der Waals surface area contributed by atoms with Crippen LogP contribution in [0, 0.1) is 0 Å². The van der Waals surface area contributed by atoms with Gasteiger partial charge in [-0.25, -0.2) is 9.97 Å². The number of fused-ring (bicyclic) bond motifs is 1. The van der Waals surface area contributed by atoms with E-state index in [0.717, 1.165) is 22.5 Å². The molecule has 3 heterocycles. The fourth-order valence-corrected chi connectivity index (χ4v) is 3.25. The highest BCUT2D eigenvalue weighted by Crippen LogP contribution is 2.29. The summed E-state index contributed by atoms with van der Waals surface area (Å²) in [5.74, 6) is 1.68. The van der Waals surface area contributed by atoms with Gasteiger partial charge in [0.25, 0.3) is 5.91 Å². The molecule has 4 rings (SSSR count). The zero-order chi connectivity index (χ0) is 21.8. The van der Waals surface area contributed by atoms with Crippen LogP contribution in [0.2, 0.25) is 0 Å². The van der Waals surface area contributed by atoms with E-state index >= 15 is 0 Å². The standard InChI is InChI=1S/C22H26N6O3/c1-22(2,3)28-19(29)13-31-16-6-4-5-14(9-16)20-26-18-7-8-30-12-17(18)21(27-20)25-15-10-23-24-11-15/h4-6,9-11H,7-8,12-13H2,1-3H3,(H,23,24)(H,28,29)(H,25,26,27). The number of hydrogen-bond donors (Lipinski definition) is 3. The molecule has 0 bridgehead atoms. The van der Waals surface area contributed by atoms with Crippen molar-refractivity contribution in [1.29, 1.82) is 0 Å². The predicted molar refractivity (Wildman–Crippen MR) is 116 cm³/mol. The van der Waals surface area contributed by atoms with Gasteiger partial charge >= 0.3 is 0 Å². The summed E-state index contributed by atoms with van der Waals surface area (Å²) < 4.78 is 11.3. The minimum absolute atomic E-state index is 0.0591. The molecule has 0 fully saturated rings. The zero-order valence-corrected chi connectivity index (χ0v) is 17.9. The first-order chi connectivity index (χ1) is 14.9. The predicted octanol–water partition coefficient (Wildman–Crippen LogP) is 2.98. The molecule has 0 spiro atoms. The van der Waals surface area contributed by atoms with Crippen LogP contribution in [-0.4, -0.2) is 44.8 Å². The van der Waals surface area contributed by atoms with E-state index in [-0.39, 0.29) is 18.1 Å². The van der Waals surface area contributed by atoms with E-state index in [4.69, 9.17) is 19.4 Å². The number of H-pyrrole nitrogens is 1. The minimum atomic E-state index is -0.304. The van der Waals surface area contributed by atoms with Crippen LogP contribution in [0.3, 0.4) is 0 Å². The molecular formula is C22H26N6O3. The van der Waals surface area contributed by atoms with E-state index in [1.165, 1.54) is 0 Å². The van der Waals surface area contributed by atoms with Crippen molar-refractivity contribution in [1.82, 2.24) is 25.5 Å². The molecule has 3 aromatic rings. The summed E-state index contributed by atoms with van der Waals surface area (Å²) in [5, 5.41) is 12.9. The van der Waals surface area contributed by atoms with Crippen LogP contribution >= 0.6 is 0 Å².